The van der Waals surface area contributed by atoms with Gasteiger partial charge in [-0.2, -0.15) is 0 Å². The maximum atomic E-state index is 11.2. The number of hydroxylamine groups is 2. The molecular formula is C9H13NO4. The third-order valence-electron chi connectivity index (χ3n) is 1.75. The van der Waals surface area contributed by atoms with Gasteiger partial charge in [0.2, 0.25) is 0 Å². The van der Waals surface area contributed by atoms with Gasteiger partial charge in [-0.3, -0.25) is 4.79 Å². The molecule has 14 heavy (non-hydrogen) atoms. The standard InChI is InChI=1S/C9H13NO4/c1-6(2)9(12)14-10-7(11)4-5-8(10)13-3/h4-6,8H,1-3H3. The number of carbonyl (C=O) groups excluding carboxylic acids is 2. The number of hydrogen-bond donors (Lipinski definition) is 0. The lowest BCUT2D eigenvalue weighted by Crippen LogP contribution is -2.38. The van der Waals surface area contributed by atoms with Crippen molar-refractivity contribution in [2.75, 3.05) is 7.11 Å². The fraction of sp³-hybridized carbons (Fsp3) is 0.556. The zero-order valence-electron chi connectivity index (χ0n) is 8.39. The van der Waals surface area contributed by atoms with Gasteiger partial charge in [0, 0.05) is 13.2 Å². The molecule has 0 fully saturated rings. The van der Waals surface area contributed by atoms with E-state index in [1.54, 1.807) is 13.8 Å². The van der Waals surface area contributed by atoms with Crippen LogP contribution in [0.1, 0.15) is 13.8 Å². The third kappa shape index (κ3) is 2.11. The summed E-state index contributed by atoms with van der Waals surface area (Å²) in [7, 11) is 1.43. The van der Waals surface area contributed by atoms with E-state index in [1.807, 2.05) is 0 Å². The highest BCUT2D eigenvalue weighted by Crippen LogP contribution is 2.13. The van der Waals surface area contributed by atoms with Crippen molar-refractivity contribution in [1.82, 2.24) is 5.06 Å². The summed E-state index contributed by atoms with van der Waals surface area (Å²) in [6.07, 6.45) is 2.22. The summed E-state index contributed by atoms with van der Waals surface area (Å²) in [4.78, 5) is 27.2. The second kappa shape index (κ2) is 4.23. The van der Waals surface area contributed by atoms with Crippen molar-refractivity contribution < 1.29 is 19.2 Å². The Kier molecular flexibility index (Phi) is 3.24. The van der Waals surface area contributed by atoms with Gasteiger partial charge >= 0.3 is 5.97 Å². The molecule has 1 amide bonds. The lowest BCUT2D eigenvalue weighted by molar-refractivity contribution is -0.223. The second-order valence-electron chi connectivity index (χ2n) is 3.21. The van der Waals surface area contributed by atoms with Crippen LogP contribution in [0.25, 0.3) is 0 Å². The fourth-order valence-electron chi connectivity index (χ4n) is 0.915. The Morgan fingerprint density at radius 3 is 2.71 bits per heavy atom. The molecule has 1 atom stereocenters. The van der Waals surface area contributed by atoms with Crippen LogP contribution in [0.3, 0.4) is 0 Å². The fourth-order valence-corrected chi connectivity index (χ4v) is 0.915. The van der Waals surface area contributed by atoms with Gasteiger partial charge in [-0.25, -0.2) is 4.79 Å². The minimum absolute atomic E-state index is 0.277. The van der Waals surface area contributed by atoms with Crippen molar-refractivity contribution >= 4 is 11.9 Å². The summed E-state index contributed by atoms with van der Waals surface area (Å²) in [6, 6.07) is 0. The van der Waals surface area contributed by atoms with E-state index in [0.717, 1.165) is 5.06 Å². The van der Waals surface area contributed by atoms with Crippen LogP contribution < -0.4 is 0 Å². The molecule has 0 aromatic carbocycles. The largest absolute Gasteiger partial charge is 0.355 e. The molecule has 0 saturated carbocycles. The van der Waals surface area contributed by atoms with Crippen LogP contribution in [0.5, 0.6) is 0 Å². The van der Waals surface area contributed by atoms with Crippen molar-refractivity contribution in [1.29, 1.82) is 0 Å². The topological polar surface area (TPSA) is 55.8 Å². The number of ether oxygens (including phenoxy) is 1. The van der Waals surface area contributed by atoms with Gasteiger partial charge in [-0.1, -0.05) is 13.8 Å². The Labute approximate surface area is 82.2 Å². The Balaban J connectivity index is 2.60. The highest BCUT2D eigenvalue weighted by atomic mass is 16.7. The van der Waals surface area contributed by atoms with Crippen LogP contribution in [0.2, 0.25) is 0 Å². The number of hydrogen-bond acceptors (Lipinski definition) is 4. The first-order valence-electron chi connectivity index (χ1n) is 4.32. The third-order valence-corrected chi connectivity index (χ3v) is 1.75. The first kappa shape index (κ1) is 10.7. The van der Waals surface area contributed by atoms with Crippen LogP contribution in [0, 0.1) is 5.92 Å². The predicted octanol–water partition coefficient (Wildman–Crippen LogP) is 0.472. The van der Waals surface area contributed by atoms with Gasteiger partial charge in [0.15, 0.2) is 6.23 Å². The van der Waals surface area contributed by atoms with E-state index < -0.39 is 12.2 Å². The zero-order valence-corrected chi connectivity index (χ0v) is 8.39. The van der Waals surface area contributed by atoms with E-state index in [4.69, 9.17) is 9.57 Å². The Morgan fingerprint density at radius 2 is 2.21 bits per heavy atom. The molecule has 1 heterocycles. The Hall–Kier alpha value is -1.36. The van der Waals surface area contributed by atoms with Crippen molar-refractivity contribution in [2.45, 2.75) is 20.1 Å². The van der Waals surface area contributed by atoms with Crippen LogP contribution >= 0.6 is 0 Å². The zero-order chi connectivity index (χ0) is 10.7. The Morgan fingerprint density at radius 1 is 1.57 bits per heavy atom. The number of rotatable bonds is 3. The number of methoxy groups -OCH3 is 1. The molecule has 0 radical (unpaired) electrons. The van der Waals surface area contributed by atoms with Crippen molar-refractivity contribution in [3.63, 3.8) is 0 Å². The first-order valence-corrected chi connectivity index (χ1v) is 4.32. The molecule has 0 aliphatic carbocycles. The maximum absolute atomic E-state index is 11.2. The summed E-state index contributed by atoms with van der Waals surface area (Å²) in [5.74, 6) is -1.11. The lowest BCUT2D eigenvalue weighted by Gasteiger charge is -2.22. The molecule has 5 nitrogen and oxygen atoms in total. The van der Waals surface area contributed by atoms with Crippen LogP contribution in [0.15, 0.2) is 12.2 Å². The molecule has 0 bridgehead atoms. The number of carbonyl (C=O) groups is 2. The quantitative estimate of drug-likeness (QED) is 0.663. The first-order chi connectivity index (χ1) is 6.56. The molecule has 5 heteroatoms. The molecule has 0 aromatic rings. The predicted molar refractivity (Wildman–Crippen MR) is 47.7 cm³/mol. The molecule has 0 N–H and O–H groups in total. The normalized spacial score (nSPS) is 20.7. The average molecular weight is 199 g/mol. The smallest absolute Gasteiger partial charge is 0.335 e. The van der Waals surface area contributed by atoms with Crippen LogP contribution in [0.4, 0.5) is 0 Å². The molecule has 1 aliphatic heterocycles. The number of amides is 1. The number of nitrogens with zero attached hydrogens (tertiary/aromatic N) is 1. The van der Waals surface area contributed by atoms with E-state index in [9.17, 15) is 9.59 Å². The molecular weight excluding hydrogens is 186 g/mol. The molecule has 0 saturated heterocycles. The highest BCUT2D eigenvalue weighted by molar-refractivity contribution is 5.90. The van der Waals surface area contributed by atoms with Gasteiger partial charge in [0.25, 0.3) is 5.91 Å². The van der Waals surface area contributed by atoms with Gasteiger partial charge in [-0.15, -0.1) is 5.06 Å². The molecule has 0 aromatic heterocycles. The van der Waals surface area contributed by atoms with Crippen molar-refractivity contribution in [3.8, 4) is 0 Å². The summed E-state index contributed by atoms with van der Waals surface area (Å²) in [5, 5.41) is 0.919. The lowest BCUT2D eigenvalue weighted by atomic mass is 10.2. The second-order valence-corrected chi connectivity index (χ2v) is 3.21. The van der Waals surface area contributed by atoms with Crippen LogP contribution in [-0.2, 0) is 19.2 Å². The van der Waals surface area contributed by atoms with E-state index in [0.29, 0.717) is 0 Å². The van der Waals surface area contributed by atoms with Crippen molar-refractivity contribution in [2.24, 2.45) is 5.92 Å². The van der Waals surface area contributed by atoms with Gasteiger partial charge in [0.05, 0.1) is 5.92 Å². The molecule has 1 aliphatic rings. The minimum Gasteiger partial charge on any atom is -0.355 e. The monoisotopic (exact) mass is 199 g/mol. The molecule has 0 spiro atoms. The molecule has 78 valence electrons. The van der Waals surface area contributed by atoms with E-state index in [2.05, 4.69) is 0 Å². The summed E-state index contributed by atoms with van der Waals surface area (Å²) in [5.41, 5.74) is 0. The van der Waals surface area contributed by atoms with Gasteiger partial charge < -0.3 is 9.57 Å². The summed E-state index contributed by atoms with van der Waals surface area (Å²) in [6.45, 7) is 3.39. The maximum Gasteiger partial charge on any atom is 0.335 e. The average Bonchev–Trinajstić information content (AvgIpc) is 2.47. The van der Waals surface area contributed by atoms with E-state index in [1.165, 1.54) is 19.3 Å². The highest BCUT2D eigenvalue weighted by Gasteiger charge is 2.30. The minimum atomic E-state index is -0.606. The van der Waals surface area contributed by atoms with E-state index in [-0.39, 0.29) is 11.8 Å². The molecule has 1 rings (SSSR count). The van der Waals surface area contributed by atoms with E-state index >= 15 is 0 Å². The van der Waals surface area contributed by atoms with Crippen molar-refractivity contribution in [3.05, 3.63) is 12.2 Å². The molecule has 1 unspecified atom stereocenters. The summed E-state index contributed by atoms with van der Waals surface area (Å²) >= 11 is 0. The Bertz CT molecular complexity index is 272. The van der Waals surface area contributed by atoms with Crippen LogP contribution in [-0.4, -0.2) is 30.3 Å². The summed E-state index contributed by atoms with van der Waals surface area (Å²) < 4.78 is 4.92. The van der Waals surface area contributed by atoms with Gasteiger partial charge in [-0.05, 0) is 6.08 Å². The SMILES string of the molecule is COC1C=CC(=O)N1OC(=O)C(C)C. The van der Waals surface area contributed by atoms with Gasteiger partial charge in [0.1, 0.15) is 0 Å².